The van der Waals surface area contributed by atoms with Gasteiger partial charge in [-0.3, -0.25) is 0 Å². The molecule has 0 heterocycles. The molecule has 0 aliphatic carbocycles. The number of esters is 1. The molecule has 0 fully saturated rings. The predicted octanol–water partition coefficient (Wildman–Crippen LogP) is 3.73. The lowest BCUT2D eigenvalue weighted by Gasteiger charge is -2.09. The zero-order valence-corrected chi connectivity index (χ0v) is 11.6. The third-order valence-corrected chi connectivity index (χ3v) is 3.22. The van der Waals surface area contributed by atoms with Gasteiger partial charge in [0.15, 0.2) is 0 Å². The highest BCUT2D eigenvalue weighted by atomic mass is 35.5. The lowest BCUT2D eigenvalue weighted by atomic mass is 10.1. The summed E-state index contributed by atoms with van der Waals surface area (Å²) in [4.78, 5) is 12.0. The standard InChI is InChI=1S/C15H13ClFNO2/c1-9-2-4-12(18)7-13(9)15(19)20-8-10-6-11(17)3-5-14(10)16/h2-7H,8,18H2,1H3. The van der Waals surface area contributed by atoms with Crippen LogP contribution in [0, 0.1) is 12.7 Å². The Hall–Kier alpha value is -2.07. The van der Waals surface area contributed by atoms with E-state index in [2.05, 4.69) is 0 Å². The number of nitrogen functional groups attached to an aromatic ring is 1. The summed E-state index contributed by atoms with van der Waals surface area (Å²) < 4.78 is 18.2. The lowest BCUT2D eigenvalue weighted by molar-refractivity contribution is 0.0471. The maximum atomic E-state index is 13.1. The maximum absolute atomic E-state index is 13.1. The van der Waals surface area contributed by atoms with Crippen LogP contribution in [0.4, 0.5) is 10.1 Å². The fraction of sp³-hybridized carbons (Fsp3) is 0.133. The SMILES string of the molecule is Cc1ccc(N)cc1C(=O)OCc1cc(F)ccc1Cl. The first-order chi connectivity index (χ1) is 9.47. The van der Waals surface area contributed by atoms with E-state index in [1.165, 1.54) is 18.2 Å². The summed E-state index contributed by atoms with van der Waals surface area (Å²) in [5.74, 6) is -0.948. The number of ether oxygens (including phenoxy) is 1. The van der Waals surface area contributed by atoms with Gasteiger partial charge in [-0.2, -0.15) is 0 Å². The molecule has 0 bridgehead atoms. The summed E-state index contributed by atoms with van der Waals surface area (Å²) in [5, 5.41) is 0.350. The van der Waals surface area contributed by atoms with Crippen LogP contribution in [-0.2, 0) is 11.3 Å². The first-order valence-electron chi connectivity index (χ1n) is 5.94. The molecular weight excluding hydrogens is 281 g/mol. The second kappa shape index (κ2) is 5.92. The Kier molecular flexibility index (Phi) is 4.25. The number of aryl methyl sites for hydroxylation is 1. The molecule has 0 amide bonds. The second-order valence-corrected chi connectivity index (χ2v) is 4.79. The van der Waals surface area contributed by atoms with Crippen molar-refractivity contribution in [1.29, 1.82) is 0 Å². The Morgan fingerprint density at radius 2 is 2.05 bits per heavy atom. The molecule has 0 unspecified atom stereocenters. The van der Waals surface area contributed by atoms with Gasteiger partial charge in [0.05, 0.1) is 5.56 Å². The van der Waals surface area contributed by atoms with Crippen LogP contribution >= 0.6 is 11.6 Å². The van der Waals surface area contributed by atoms with E-state index in [0.717, 1.165) is 5.56 Å². The third-order valence-electron chi connectivity index (χ3n) is 2.85. The molecule has 0 spiro atoms. The lowest BCUT2D eigenvalue weighted by Crippen LogP contribution is -2.08. The number of hydrogen-bond donors (Lipinski definition) is 1. The third kappa shape index (κ3) is 3.27. The summed E-state index contributed by atoms with van der Waals surface area (Å²) in [7, 11) is 0. The van der Waals surface area contributed by atoms with Gasteiger partial charge in [0, 0.05) is 16.3 Å². The van der Waals surface area contributed by atoms with E-state index in [9.17, 15) is 9.18 Å². The summed E-state index contributed by atoms with van der Waals surface area (Å²) in [6.07, 6.45) is 0. The van der Waals surface area contributed by atoms with Crippen molar-refractivity contribution in [3.05, 3.63) is 63.9 Å². The topological polar surface area (TPSA) is 52.3 Å². The van der Waals surface area contributed by atoms with Crippen LogP contribution in [0.2, 0.25) is 5.02 Å². The van der Waals surface area contributed by atoms with E-state index in [1.807, 2.05) is 0 Å². The largest absolute Gasteiger partial charge is 0.457 e. The van der Waals surface area contributed by atoms with Crippen molar-refractivity contribution in [3.63, 3.8) is 0 Å². The average molecular weight is 294 g/mol. The van der Waals surface area contributed by atoms with Gasteiger partial charge in [-0.1, -0.05) is 17.7 Å². The van der Waals surface area contributed by atoms with E-state index in [-0.39, 0.29) is 6.61 Å². The molecule has 2 aromatic rings. The van der Waals surface area contributed by atoms with Crippen molar-refractivity contribution < 1.29 is 13.9 Å². The molecule has 0 aliphatic rings. The van der Waals surface area contributed by atoms with E-state index in [1.54, 1.807) is 25.1 Å². The Labute approximate surface area is 121 Å². The fourth-order valence-electron chi connectivity index (χ4n) is 1.73. The fourth-order valence-corrected chi connectivity index (χ4v) is 1.91. The Morgan fingerprint density at radius 1 is 1.30 bits per heavy atom. The molecule has 2 aromatic carbocycles. The monoisotopic (exact) mass is 293 g/mol. The number of halogens is 2. The predicted molar refractivity (Wildman–Crippen MR) is 76.1 cm³/mol. The second-order valence-electron chi connectivity index (χ2n) is 4.39. The summed E-state index contributed by atoms with van der Waals surface area (Å²) in [6, 6.07) is 8.89. The minimum atomic E-state index is -0.518. The van der Waals surface area contributed by atoms with Crippen LogP contribution in [0.15, 0.2) is 36.4 Å². The van der Waals surface area contributed by atoms with Gasteiger partial charge in [-0.05, 0) is 42.8 Å². The van der Waals surface area contributed by atoms with Crippen molar-refractivity contribution in [2.45, 2.75) is 13.5 Å². The van der Waals surface area contributed by atoms with E-state index < -0.39 is 11.8 Å². The first-order valence-corrected chi connectivity index (χ1v) is 6.32. The van der Waals surface area contributed by atoms with Gasteiger partial charge >= 0.3 is 5.97 Å². The Morgan fingerprint density at radius 3 is 2.80 bits per heavy atom. The molecule has 20 heavy (non-hydrogen) atoms. The molecule has 3 nitrogen and oxygen atoms in total. The van der Waals surface area contributed by atoms with Crippen molar-refractivity contribution in [1.82, 2.24) is 0 Å². The van der Waals surface area contributed by atoms with Crippen molar-refractivity contribution in [3.8, 4) is 0 Å². The quantitative estimate of drug-likeness (QED) is 0.693. The summed E-state index contributed by atoms with van der Waals surface area (Å²) in [6.45, 7) is 1.69. The molecular formula is C15H13ClFNO2. The molecule has 2 N–H and O–H groups in total. The number of nitrogens with two attached hydrogens (primary N) is 1. The summed E-state index contributed by atoms with van der Waals surface area (Å²) in [5.41, 5.74) is 7.68. The number of hydrogen-bond acceptors (Lipinski definition) is 3. The zero-order valence-electron chi connectivity index (χ0n) is 10.8. The minimum absolute atomic E-state index is 0.0936. The highest BCUT2D eigenvalue weighted by Crippen LogP contribution is 2.19. The van der Waals surface area contributed by atoms with Crippen LogP contribution in [0.25, 0.3) is 0 Å². The molecule has 0 atom stereocenters. The van der Waals surface area contributed by atoms with Crippen molar-refractivity contribution in [2.75, 3.05) is 5.73 Å². The zero-order chi connectivity index (χ0) is 14.7. The molecule has 5 heteroatoms. The van der Waals surface area contributed by atoms with Gasteiger partial charge in [0.25, 0.3) is 0 Å². The van der Waals surface area contributed by atoms with E-state index in [0.29, 0.717) is 21.8 Å². The van der Waals surface area contributed by atoms with Crippen molar-refractivity contribution in [2.24, 2.45) is 0 Å². The average Bonchev–Trinajstić information content (AvgIpc) is 2.42. The van der Waals surface area contributed by atoms with Crippen molar-refractivity contribution >= 4 is 23.3 Å². The molecule has 0 aromatic heterocycles. The van der Waals surface area contributed by atoms with Gasteiger partial charge in [0.2, 0.25) is 0 Å². The van der Waals surface area contributed by atoms with E-state index in [4.69, 9.17) is 22.1 Å². The van der Waals surface area contributed by atoms with Crippen LogP contribution in [0.3, 0.4) is 0 Å². The number of benzene rings is 2. The first kappa shape index (κ1) is 14.3. The highest BCUT2D eigenvalue weighted by Gasteiger charge is 2.12. The Balaban J connectivity index is 2.12. The molecule has 0 saturated heterocycles. The van der Waals surface area contributed by atoms with Crippen LogP contribution in [0.5, 0.6) is 0 Å². The molecule has 104 valence electrons. The Bertz CT molecular complexity index is 658. The number of anilines is 1. The van der Waals surface area contributed by atoms with Crippen LogP contribution in [0.1, 0.15) is 21.5 Å². The van der Waals surface area contributed by atoms with Crippen LogP contribution < -0.4 is 5.73 Å². The molecule has 2 rings (SSSR count). The van der Waals surface area contributed by atoms with Gasteiger partial charge in [-0.15, -0.1) is 0 Å². The van der Waals surface area contributed by atoms with E-state index >= 15 is 0 Å². The van der Waals surface area contributed by atoms with Crippen LogP contribution in [-0.4, -0.2) is 5.97 Å². The molecule has 0 radical (unpaired) electrons. The number of carbonyl (C=O) groups is 1. The van der Waals surface area contributed by atoms with Gasteiger partial charge in [0.1, 0.15) is 12.4 Å². The highest BCUT2D eigenvalue weighted by molar-refractivity contribution is 6.31. The van der Waals surface area contributed by atoms with Gasteiger partial charge in [-0.25, -0.2) is 9.18 Å². The smallest absolute Gasteiger partial charge is 0.338 e. The minimum Gasteiger partial charge on any atom is -0.457 e. The normalized spacial score (nSPS) is 10.3. The molecule has 0 saturated carbocycles. The van der Waals surface area contributed by atoms with Gasteiger partial charge < -0.3 is 10.5 Å². The number of carbonyl (C=O) groups excluding carboxylic acids is 1. The molecule has 0 aliphatic heterocycles. The summed E-state index contributed by atoms with van der Waals surface area (Å²) >= 11 is 5.90. The maximum Gasteiger partial charge on any atom is 0.338 e. The number of rotatable bonds is 3.